The number of aliphatic carboxylic acids is 3. The first kappa shape index (κ1) is 54.9. The molecule has 4 aliphatic rings. The first-order valence-corrected chi connectivity index (χ1v) is 26.2. The van der Waals surface area contributed by atoms with E-state index < -0.39 is 39.6 Å². The Kier molecular flexibility index (Phi) is 19.7. The van der Waals surface area contributed by atoms with Crippen molar-refractivity contribution in [3.8, 4) is 11.5 Å². The second-order valence-electron chi connectivity index (χ2n) is 20.6. The summed E-state index contributed by atoms with van der Waals surface area (Å²) >= 11 is 0. The number of rotatable bonds is 11. The van der Waals surface area contributed by atoms with Gasteiger partial charge in [0.1, 0.15) is 18.1 Å². The van der Waals surface area contributed by atoms with Crippen LogP contribution in [-0.2, 0) is 52.2 Å². The average Bonchev–Trinajstić information content (AvgIpc) is 3.42. The lowest BCUT2D eigenvalue weighted by atomic mass is 9.69. The van der Waals surface area contributed by atoms with Gasteiger partial charge in [0.15, 0.2) is 0 Å². The highest BCUT2D eigenvalue weighted by Crippen LogP contribution is 2.44. The number of phenolic OH excluding ortho intramolecular Hbond substituents is 1. The minimum absolute atomic E-state index is 0.0649. The average molecular weight is 981 g/mol. The van der Waals surface area contributed by atoms with E-state index >= 15 is 0 Å². The molecular weight excluding hydrogens is 905 g/mol. The van der Waals surface area contributed by atoms with E-state index in [1.807, 2.05) is 85.8 Å². The largest absolute Gasteiger partial charge is 0.508 e. The Morgan fingerprint density at radius 3 is 1.06 bits per heavy atom. The molecule has 4 fully saturated rings. The van der Waals surface area contributed by atoms with Crippen molar-refractivity contribution in [3.05, 3.63) is 166 Å². The zero-order valence-corrected chi connectivity index (χ0v) is 42.7. The SMILES string of the molecule is COc1ccc(C2(C(=O)O)CCCCC2)cc1.Cc1ccc(C2(C(=O)O)CCCCC2)cc1.Cc1ccc(C2(C(=O)OCc3ccccc3)CCCCC2)cc1.O=C(O)C1(c2ccc(O)cc2)CCCCC1. The van der Waals surface area contributed by atoms with Gasteiger partial charge in [0.05, 0.1) is 28.8 Å². The number of aryl methyl sites for hydroxylation is 2. The number of ether oxygens (including phenoxy) is 2. The van der Waals surface area contributed by atoms with Crippen molar-refractivity contribution in [2.45, 2.75) is 171 Å². The molecule has 0 atom stereocenters. The highest BCUT2D eigenvalue weighted by molar-refractivity contribution is 5.84. The molecule has 4 saturated carbocycles. The molecule has 0 radical (unpaired) electrons. The Morgan fingerprint density at radius 1 is 0.417 bits per heavy atom. The normalized spacial score (nSPS) is 18.3. The summed E-state index contributed by atoms with van der Waals surface area (Å²) in [5.41, 5.74) is 4.77. The molecule has 0 unspecified atom stereocenters. The molecule has 384 valence electrons. The van der Waals surface area contributed by atoms with Crippen molar-refractivity contribution >= 4 is 23.9 Å². The Hall–Kier alpha value is -6.42. The molecule has 9 rings (SSSR count). The number of benzene rings is 5. The van der Waals surface area contributed by atoms with Gasteiger partial charge in [-0.1, -0.05) is 191 Å². The first-order valence-electron chi connectivity index (χ1n) is 26.2. The molecule has 0 aliphatic heterocycles. The standard InChI is InChI=1S/C21H24O2.C14H18O3.C14H18O2.C13H16O3/c1-17-10-12-19(13-11-17)21(14-6-3-7-15-21)20(22)23-16-18-8-4-2-5-9-18;1-17-12-7-5-11(6-8-12)14(13(15)16)9-3-2-4-10-14;1-11-5-7-12(8-6-11)14(13(15)16)9-3-2-4-10-14;14-11-6-4-10(5-7-11)13(12(15)16)8-2-1-3-9-13/h2,4-5,8-13H,3,6-7,14-16H2,1H3;5-8H,2-4,9-10H2,1H3,(H,15,16);5-8H,2-4,9-10H2,1H3,(H,15,16);4-7,14H,1-3,8-9H2,(H,15,16). The summed E-state index contributed by atoms with van der Waals surface area (Å²) in [7, 11) is 1.61. The molecule has 0 heterocycles. The highest BCUT2D eigenvalue weighted by Gasteiger charge is 2.44. The summed E-state index contributed by atoms with van der Waals surface area (Å²) in [5.74, 6) is -1.20. The van der Waals surface area contributed by atoms with Crippen LogP contribution in [0.15, 0.2) is 127 Å². The number of aromatic hydroxyl groups is 1. The minimum Gasteiger partial charge on any atom is -0.508 e. The molecule has 4 aliphatic carbocycles. The first-order chi connectivity index (χ1) is 34.7. The number of carbonyl (C=O) groups is 4. The number of carboxylic acid groups (broad SMARTS) is 3. The molecular formula is C62H76O10. The molecule has 0 spiro atoms. The van der Waals surface area contributed by atoms with Crippen LogP contribution in [0.1, 0.15) is 167 Å². The fourth-order valence-electron chi connectivity index (χ4n) is 11.4. The lowest BCUT2D eigenvalue weighted by molar-refractivity contribution is -0.153. The fraction of sp³-hybridized carbons (Fsp3) is 0.452. The Bertz CT molecular complexity index is 2390. The van der Waals surface area contributed by atoms with Crippen molar-refractivity contribution < 1.29 is 49.1 Å². The number of esters is 1. The summed E-state index contributed by atoms with van der Waals surface area (Å²) < 4.78 is 10.8. The van der Waals surface area contributed by atoms with Gasteiger partial charge in [-0.25, -0.2) is 0 Å². The Morgan fingerprint density at radius 2 is 0.722 bits per heavy atom. The maximum Gasteiger partial charge on any atom is 0.316 e. The van der Waals surface area contributed by atoms with Gasteiger partial charge < -0.3 is 29.9 Å². The van der Waals surface area contributed by atoms with E-state index in [4.69, 9.17) is 9.47 Å². The van der Waals surface area contributed by atoms with Gasteiger partial charge in [0.2, 0.25) is 0 Å². The zero-order chi connectivity index (χ0) is 51.6. The number of methoxy groups -OCH3 is 1. The summed E-state index contributed by atoms with van der Waals surface area (Å²) in [6, 6.07) is 40.3. The van der Waals surface area contributed by atoms with E-state index in [1.54, 1.807) is 31.4 Å². The van der Waals surface area contributed by atoms with Crippen LogP contribution in [0.5, 0.6) is 11.5 Å². The number of phenols is 1. The molecule has 5 aromatic carbocycles. The van der Waals surface area contributed by atoms with Crippen LogP contribution in [0, 0.1) is 13.8 Å². The van der Waals surface area contributed by atoms with E-state index in [0.717, 1.165) is 136 Å². The molecule has 10 heteroatoms. The third kappa shape index (κ3) is 13.3. The number of hydrogen-bond acceptors (Lipinski definition) is 7. The Balaban J connectivity index is 0.000000159. The third-order valence-electron chi connectivity index (χ3n) is 15.9. The molecule has 5 aromatic rings. The maximum absolute atomic E-state index is 13.0. The van der Waals surface area contributed by atoms with Crippen LogP contribution in [0.2, 0.25) is 0 Å². The molecule has 10 nitrogen and oxygen atoms in total. The minimum atomic E-state index is -0.738. The molecule has 0 bridgehead atoms. The van der Waals surface area contributed by atoms with Gasteiger partial charge in [0, 0.05) is 0 Å². The highest BCUT2D eigenvalue weighted by atomic mass is 16.5. The van der Waals surface area contributed by atoms with Crippen LogP contribution in [0.25, 0.3) is 0 Å². The fourth-order valence-corrected chi connectivity index (χ4v) is 11.4. The van der Waals surface area contributed by atoms with E-state index in [9.17, 15) is 39.6 Å². The lowest BCUT2D eigenvalue weighted by Gasteiger charge is -2.35. The van der Waals surface area contributed by atoms with Crippen LogP contribution >= 0.6 is 0 Å². The number of carbonyl (C=O) groups excluding carboxylic acids is 1. The van der Waals surface area contributed by atoms with E-state index in [2.05, 4.69) is 31.2 Å². The van der Waals surface area contributed by atoms with E-state index in [1.165, 1.54) is 24.0 Å². The van der Waals surface area contributed by atoms with Crippen molar-refractivity contribution in [2.75, 3.05) is 7.11 Å². The second kappa shape index (κ2) is 25.8. The zero-order valence-electron chi connectivity index (χ0n) is 42.7. The quantitative estimate of drug-likeness (QED) is 0.0935. The summed E-state index contributed by atoms with van der Waals surface area (Å²) in [5, 5.41) is 37.7. The summed E-state index contributed by atoms with van der Waals surface area (Å²) in [6.07, 6.45) is 19.0. The summed E-state index contributed by atoms with van der Waals surface area (Å²) in [6.45, 7) is 4.45. The van der Waals surface area contributed by atoms with Crippen LogP contribution in [0.3, 0.4) is 0 Å². The molecule has 0 amide bonds. The van der Waals surface area contributed by atoms with Gasteiger partial charge in [-0.05, 0) is 117 Å². The summed E-state index contributed by atoms with van der Waals surface area (Å²) in [4.78, 5) is 47.6. The predicted molar refractivity (Wildman–Crippen MR) is 282 cm³/mol. The van der Waals surface area contributed by atoms with E-state index in [0.29, 0.717) is 19.4 Å². The van der Waals surface area contributed by atoms with Crippen molar-refractivity contribution in [1.82, 2.24) is 0 Å². The van der Waals surface area contributed by atoms with Crippen LogP contribution in [0.4, 0.5) is 0 Å². The molecule has 72 heavy (non-hydrogen) atoms. The van der Waals surface area contributed by atoms with Crippen molar-refractivity contribution in [1.29, 1.82) is 0 Å². The van der Waals surface area contributed by atoms with Crippen molar-refractivity contribution in [3.63, 3.8) is 0 Å². The number of hydrogen-bond donors (Lipinski definition) is 4. The van der Waals surface area contributed by atoms with E-state index in [-0.39, 0.29) is 11.7 Å². The molecule has 0 aromatic heterocycles. The smallest absolute Gasteiger partial charge is 0.316 e. The Labute approximate surface area is 426 Å². The van der Waals surface area contributed by atoms with Gasteiger partial charge >= 0.3 is 23.9 Å². The monoisotopic (exact) mass is 981 g/mol. The topological polar surface area (TPSA) is 168 Å². The lowest BCUT2D eigenvalue weighted by Crippen LogP contribution is -2.39. The molecule has 0 saturated heterocycles. The third-order valence-corrected chi connectivity index (χ3v) is 15.9. The van der Waals surface area contributed by atoms with Gasteiger partial charge in [-0.2, -0.15) is 0 Å². The molecule has 4 N–H and O–H groups in total. The van der Waals surface area contributed by atoms with Crippen molar-refractivity contribution in [2.24, 2.45) is 0 Å². The number of carboxylic acids is 3. The van der Waals surface area contributed by atoms with Gasteiger partial charge in [-0.15, -0.1) is 0 Å². The van der Waals surface area contributed by atoms with Crippen LogP contribution in [-0.4, -0.2) is 51.4 Å². The second-order valence-corrected chi connectivity index (χ2v) is 20.6. The van der Waals surface area contributed by atoms with Gasteiger partial charge in [-0.3, -0.25) is 19.2 Å². The van der Waals surface area contributed by atoms with Gasteiger partial charge in [0.25, 0.3) is 0 Å². The predicted octanol–water partition coefficient (Wildman–Crippen LogP) is 13.9. The maximum atomic E-state index is 13.0. The van der Waals surface area contributed by atoms with Crippen LogP contribution < -0.4 is 4.74 Å².